The molecule has 0 aromatic heterocycles. The van der Waals surface area contributed by atoms with E-state index < -0.39 is 5.97 Å². The Kier molecular flexibility index (Phi) is 6.69. The Morgan fingerprint density at radius 2 is 1.91 bits per heavy atom. The second-order valence-electron chi connectivity index (χ2n) is 6.91. The van der Waals surface area contributed by atoms with E-state index in [9.17, 15) is 9.59 Å². The van der Waals surface area contributed by atoms with Crippen molar-refractivity contribution in [2.75, 3.05) is 32.8 Å². The van der Waals surface area contributed by atoms with Crippen molar-refractivity contribution in [1.29, 1.82) is 0 Å². The molecule has 2 aliphatic rings. The first-order valence-corrected chi connectivity index (χ1v) is 8.90. The lowest BCUT2D eigenvalue weighted by Crippen LogP contribution is -2.48. The summed E-state index contributed by atoms with van der Waals surface area (Å²) in [7, 11) is 0. The summed E-state index contributed by atoms with van der Waals surface area (Å²) >= 11 is 0. The van der Waals surface area contributed by atoms with Crippen molar-refractivity contribution in [2.45, 2.75) is 51.9 Å². The quantitative estimate of drug-likeness (QED) is 0.705. The number of ether oxygens (including phenoxy) is 1. The van der Waals surface area contributed by atoms with Crippen LogP contribution in [0.3, 0.4) is 0 Å². The molecule has 0 atom stereocenters. The van der Waals surface area contributed by atoms with E-state index in [1.165, 1.54) is 12.8 Å². The molecular weight excluding hydrogens is 296 g/mol. The predicted molar refractivity (Wildman–Crippen MR) is 87.3 cm³/mol. The zero-order valence-corrected chi connectivity index (χ0v) is 14.2. The Hall–Kier alpha value is -1.30. The molecule has 1 saturated carbocycles. The Morgan fingerprint density at radius 1 is 1.26 bits per heavy atom. The normalized spacial score (nSPS) is 21.3. The number of carboxylic acid groups (broad SMARTS) is 1. The van der Waals surface area contributed by atoms with E-state index in [0.29, 0.717) is 32.5 Å². The number of aliphatic carboxylic acids is 1. The average molecular weight is 326 g/mol. The zero-order chi connectivity index (χ0) is 16.7. The van der Waals surface area contributed by atoms with Gasteiger partial charge < -0.3 is 20.1 Å². The average Bonchev–Trinajstić information content (AvgIpc) is 3.02. The van der Waals surface area contributed by atoms with Gasteiger partial charge in [0.05, 0.1) is 5.92 Å². The second kappa shape index (κ2) is 8.52. The molecular formula is C17H30N2O4. The molecule has 1 aliphatic heterocycles. The molecule has 23 heavy (non-hydrogen) atoms. The summed E-state index contributed by atoms with van der Waals surface area (Å²) in [5.74, 6) is -1.04. The molecule has 1 heterocycles. The number of hydrogen-bond donors (Lipinski definition) is 2. The largest absolute Gasteiger partial charge is 0.481 e. The third-order valence-corrected chi connectivity index (χ3v) is 5.39. The standard InChI is InChI=1S/C17H30N2O4/c1-2-23-12-9-17(7-3-4-8-17)13-18-16(22)19-10-5-14(6-11-19)15(20)21/h14H,2-13H2,1H3,(H,18,22)(H,20,21). The molecule has 0 unspecified atom stereocenters. The zero-order valence-electron chi connectivity index (χ0n) is 14.2. The maximum Gasteiger partial charge on any atom is 0.317 e. The van der Waals surface area contributed by atoms with E-state index in [2.05, 4.69) is 5.32 Å². The summed E-state index contributed by atoms with van der Waals surface area (Å²) in [6.07, 6.45) is 6.87. The smallest absolute Gasteiger partial charge is 0.317 e. The number of carboxylic acids is 1. The Bertz CT molecular complexity index is 399. The number of nitrogens with one attached hydrogen (secondary N) is 1. The Morgan fingerprint density at radius 3 is 2.48 bits per heavy atom. The van der Waals surface area contributed by atoms with E-state index in [0.717, 1.165) is 32.5 Å². The Labute approximate surface area is 138 Å². The fourth-order valence-electron chi connectivity index (χ4n) is 3.78. The van der Waals surface area contributed by atoms with Crippen molar-refractivity contribution in [3.8, 4) is 0 Å². The highest BCUT2D eigenvalue weighted by Crippen LogP contribution is 2.40. The molecule has 2 rings (SSSR count). The van der Waals surface area contributed by atoms with Crippen LogP contribution in [0.15, 0.2) is 0 Å². The van der Waals surface area contributed by atoms with E-state index in [4.69, 9.17) is 9.84 Å². The SMILES string of the molecule is CCOCCC1(CNC(=O)N2CCC(C(=O)O)CC2)CCCC1. The number of rotatable bonds is 7. The number of carbonyl (C=O) groups excluding carboxylic acids is 1. The summed E-state index contributed by atoms with van der Waals surface area (Å²) in [6, 6.07) is -0.0449. The number of piperidine rings is 1. The second-order valence-corrected chi connectivity index (χ2v) is 6.91. The van der Waals surface area contributed by atoms with Crippen LogP contribution in [0.4, 0.5) is 4.79 Å². The predicted octanol–water partition coefficient (Wildman–Crippen LogP) is 2.48. The van der Waals surface area contributed by atoms with Crippen molar-refractivity contribution in [1.82, 2.24) is 10.2 Å². The summed E-state index contributed by atoms with van der Waals surface area (Å²) < 4.78 is 5.50. The van der Waals surface area contributed by atoms with Crippen molar-refractivity contribution < 1.29 is 19.4 Å². The van der Waals surface area contributed by atoms with Gasteiger partial charge in [-0.3, -0.25) is 4.79 Å². The number of carbonyl (C=O) groups is 2. The summed E-state index contributed by atoms with van der Waals surface area (Å²) in [5, 5.41) is 12.1. The monoisotopic (exact) mass is 326 g/mol. The van der Waals surface area contributed by atoms with E-state index in [-0.39, 0.29) is 17.4 Å². The molecule has 0 radical (unpaired) electrons. The number of nitrogens with zero attached hydrogens (tertiary/aromatic N) is 1. The van der Waals surface area contributed by atoms with Gasteiger partial charge in [-0.1, -0.05) is 12.8 Å². The Balaban J connectivity index is 1.77. The molecule has 1 aliphatic carbocycles. The lowest BCUT2D eigenvalue weighted by atomic mass is 9.83. The molecule has 0 aromatic rings. The fourth-order valence-corrected chi connectivity index (χ4v) is 3.78. The highest BCUT2D eigenvalue weighted by atomic mass is 16.5. The van der Waals surface area contributed by atoms with Crippen LogP contribution < -0.4 is 5.32 Å². The van der Waals surface area contributed by atoms with Crippen molar-refractivity contribution in [3.05, 3.63) is 0 Å². The first-order chi connectivity index (χ1) is 11.1. The molecule has 2 fully saturated rings. The fraction of sp³-hybridized carbons (Fsp3) is 0.882. The van der Waals surface area contributed by atoms with Crippen molar-refractivity contribution in [2.24, 2.45) is 11.3 Å². The molecule has 0 aromatic carbocycles. The van der Waals surface area contributed by atoms with Gasteiger partial charge in [-0.25, -0.2) is 4.79 Å². The van der Waals surface area contributed by atoms with Crippen molar-refractivity contribution in [3.63, 3.8) is 0 Å². The third-order valence-electron chi connectivity index (χ3n) is 5.39. The topological polar surface area (TPSA) is 78.9 Å². The number of hydrogen-bond acceptors (Lipinski definition) is 3. The van der Waals surface area contributed by atoms with Crippen LogP contribution in [-0.2, 0) is 9.53 Å². The minimum atomic E-state index is -0.745. The maximum atomic E-state index is 12.3. The number of likely N-dealkylation sites (tertiary alicyclic amines) is 1. The first kappa shape index (κ1) is 18.0. The molecule has 6 nitrogen and oxygen atoms in total. The lowest BCUT2D eigenvalue weighted by molar-refractivity contribution is -0.143. The molecule has 0 bridgehead atoms. The first-order valence-electron chi connectivity index (χ1n) is 8.90. The molecule has 2 amide bonds. The van der Waals surface area contributed by atoms with Crippen LogP contribution in [0, 0.1) is 11.3 Å². The summed E-state index contributed by atoms with van der Waals surface area (Å²) in [6.45, 7) is 5.28. The van der Waals surface area contributed by atoms with Crippen LogP contribution in [0.2, 0.25) is 0 Å². The highest BCUT2D eigenvalue weighted by Gasteiger charge is 2.34. The minimum Gasteiger partial charge on any atom is -0.481 e. The van der Waals surface area contributed by atoms with Gasteiger partial charge in [-0.05, 0) is 44.4 Å². The number of amides is 2. The van der Waals surface area contributed by atoms with Crippen LogP contribution >= 0.6 is 0 Å². The van der Waals surface area contributed by atoms with E-state index >= 15 is 0 Å². The van der Waals surface area contributed by atoms with Gasteiger partial charge in [-0.2, -0.15) is 0 Å². The van der Waals surface area contributed by atoms with Crippen LogP contribution in [0.1, 0.15) is 51.9 Å². The molecule has 6 heteroatoms. The number of urea groups is 1. The van der Waals surface area contributed by atoms with Crippen LogP contribution in [0.25, 0.3) is 0 Å². The molecule has 132 valence electrons. The van der Waals surface area contributed by atoms with Gasteiger partial charge in [0.15, 0.2) is 0 Å². The van der Waals surface area contributed by atoms with Gasteiger partial charge in [0.1, 0.15) is 0 Å². The molecule has 0 spiro atoms. The third kappa shape index (κ3) is 5.09. The van der Waals surface area contributed by atoms with E-state index in [1.807, 2.05) is 6.92 Å². The van der Waals surface area contributed by atoms with Gasteiger partial charge in [0.25, 0.3) is 0 Å². The highest BCUT2D eigenvalue weighted by molar-refractivity contribution is 5.75. The van der Waals surface area contributed by atoms with Crippen molar-refractivity contribution >= 4 is 12.0 Å². The maximum absolute atomic E-state index is 12.3. The molecule has 1 saturated heterocycles. The summed E-state index contributed by atoms with van der Waals surface area (Å²) in [4.78, 5) is 25.1. The van der Waals surface area contributed by atoms with E-state index in [1.54, 1.807) is 4.90 Å². The van der Waals surface area contributed by atoms with Crippen LogP contribution in [0.5, 0.6) is 0 Å². The van der Waals surface area contributed by atoms with Gasteiger partial charge in [0, 0.05) is 32.8 Å². The van der Waals surface area contributed by atoms with Gasteiger partial charge in [-0.15, -0.1) is 0 Å². The van der Waals surface area contributed by atoms with Crippen LogP contribution in [-0.4, -0.2) is 54.9 Å². The summed E-state index contributed by atoms with van der Waals surface area (Å²) in [5.41, 5.74) is 0.185. The molecule has 2 N–H and O–H groups in total. The minimum absolute atomic E-state index is 0.0449. The lowest BCUT2D eigenvalue weighted by Gasteiger charge is -2.33. The van der Waals surface area contributed by atoms with Gasteiger partial charge in [0.2, 0.25) is 0 Å². The van der Waals surface area contributed by atoms with Gasteiger partial charge >= 0.3 is 12.0 Å².